The Morgan fingerprint density at radius 3 is 2.60 bits per heavy atom. The average Bonchev–Trinajstić information content (AvgIpc) is 3.03. The van der Waals surface area contributed by atoms with E-state index in [9.17, 15) is 9.59 Å². The number of aryl methyl sites for hydroxylation is 2. The SMILES string of the molecule is Cc1ccc([C@H](C)NC(=O)c2cccc(N3CCCC3=O)c2)cc1C. The van der Waals surface area contributed by atoms with Gasteiger partial charge in [-0.2, -0.15) is 0 Å². The number of benzene rings is 2. The van der Waals surface area contributed by atoms with Gasteiger partial charge < -0.3 is 10.2 Å². The van der Waals surface area contributed by atoms with Crippen LogP contribution in [0.2, 0.25) is 0 Å². The fraction of sp³-hybridized carbons (Fsp3) is 0.333. The lowest BCUT2D eigenvalue weighted by atomic mass is 10.0. The topological polar surface area (TPSA) is 49.4 Å². The first-order valence-corrected chi connectivity index (χ1v) is 8.74. The number of nitrogens with zero attached hydrogens (tertiary/aromatic N) is 1. The summed E-state index contributed by atoms with van der Waals surface area (Å²) in [5.41, 5.74) is 4.92. The van der Waals surface area contributed by atoms with Gasteiger partial charge in [0.05, 0.1) is 6.04 Å². The standard InChI is InChI=1S/C21H24N2O2/c1-14-9-10-17(12-15(14)2)16(3)22-21(25)18-6-4-7-19(13-18)23-11-5-8-20(23)24/h4,6-7,9-10,12-13,16H,5,8,11H2,1-3H3,(H,22,25)/t16-/m0/s1. The summed E-state index contributed by atoms with van der Waals surface area (Å²) in [5.74, 6) is 0.000260. The quantitative estimate of drug-likeness (QED) is 0.920. The van der Waals surface area contributed by atoms with E-state index >= 15 is 0 Å². The highest BCUT2D eigenvalue weighted by Crippen LogP contribution is 2.23. The molecule has 3 rings (SSSR count). The van der Waals surface area contributed by atoms with Crippen LogP contribution in [0.3, 0.4) is 0 Å². The van der Waals surface area contributed by atoms with E-state index in [1.54, 1.807) is 17.0 Å². The molecule has 0 saturated carbocycles. The van der Waals surface area contributed by atoms with Crippen molar-refractivity contribution in [3.05, 3.63) is 64.7 Å². The summed E-state index contributed by atoms with van der Waals surface area (Å²) in [5, 5.41) is 3.05. The minimum absolute atomic E-state index is 0.0797. The van der Waals surface area contributed by atoms with Crippen molar-refractivity contribution in [1.29, 1.82) is 0 Å². The summed E-state index contributed by atoms with van der Waals surface area (Å²) >= 11 is 0. The van der Waals surface area contributed by atoms with E-state index < -0.39 is 0 Å². The van der Waals surface area contributed by atoms with Crippen molar-refractivity contribution in [1.82, 2.24) is 5.32 Å². The molecule has 0 aliphatic carbocycles. The first-order valence-electron chi connectivity index (χ1n) is 8.74. The number of nitrogens with one attached hydrogen (secondary N) is 1. The second-order valence-electron chi connectivity index (χ2n) is 6.74. The number of carbonyl (C=O) groups excluding carboxylic acids is 2. The van der Waals surface area contributed by atoms with E-state index in [0.29, 0.717) is 12.0 Å². The van der Waals surface area contributed by atoms with Gasteiger partial charge in [-0.05, 0) is 62.1 Å². The van der Waals surface area contributed by atoms with Gasteiger partial charge in [0.15, 0.2) is 0 Å². The van der Waals surface area contributed by atoms with Crippen LogP contribution in [-0.4, -0.2) is 18.4 Å². The molecule has 1 atom stereocenters. The molecule has 130 valence electrons. The molecule has 1 N–H and O–H groups in total. The number of carbonyl (C=O) groups is 2. The summed E-state index contributed by atoms with van der Waals surface area (Å²) in [7, 11) is 0. The van der Waals surface area contributed by atoms with Crippen LogP contribution in [0.1, 0.15) is 52.9 Å². The molecule has 4 nitrogen and oxygen atoms in total. The highest BCUT2D eigenvalue weighted by molar-refractivity contribution is 5.99. The predicted octanol–water partition coefficient (Wildman–Crippen LogP) is 3.92. The Kier molecular flexibility index (Phi) is 4.88. The molecule has 1 fully saturated rings. The van der Waals surface area contributed by atoms with Gasteiger partial charge in [0.2, 0.25) is 5.91 Å². The lowest BCUT2D eigenvalue weighted by Gasteiger charge is -2.18. The summed E-state index contributed by atoms with van der Waals surface area (Å²) < 4.78 is 0. The summed E-state index contributed by atoms with van der Waals surface area (Å²) in [4.78, 5) is 26.3. The van der Waals surface area contributed by atoms with E-state index in [-0.39, 0.29) is 17.9 Å². The van der Waals surface area contributed by atoms with Crippen molar-refractivity contribution < 1.29 is 9.59 Å². The zero-order valence-electron chi connectivity index (χ0n) is 15.0. The molecule has 1 aliphatic rings. The molecular weight excluding hydrogens is 312 g/mol. The van der Waals surface area contributed by atoms with Gasteiger partial charge >= 0.3 is 0 Å². The molecule has 1 aliphatic heterocycles. The van der Waals surface area contributed by atoms with Gasteiger partial charge in [-0.15, -0.1) is 0 Å². The number of anilines is 1. The highest BCUT2D eigenvalue weighted by Gasteiger charge is 2.22. The molecule has 25 heavy (non-hydrogen) atoms. The minimum atomic E-state index is -0.126. The Hall–Kier alpha value is -2.62. The molecule has 0 aromatic heterocycles. The van der Waals surface area contributed by atoms with Gasteiger partial charge in [-0.3, -0.25) is 9.59 Å². The van der Waals surface area contributed by atoms with Gasteiger partial charge in [-0.1, -0.05) is 24.3 Å². The lowest BCUT2D eigenvalue weighted by Crippen LogP contribution is -2.28. The summed E-state index contributed by atoms with van der Waals surface area (Å²) in [6.45, 7) is 6.86. The van der Waals surface area contributed by atoms with E-state index in [2.05, 4.69) is 31.3 Å². The van der Waals surface area contributed by atoms with Gasteiger partial charge in [0.25, 0.3) is 5.91 Å². The average molecular weight is 336 g/mol. The first-order chi connectivity index (χ1) is 12.0. The van der Waals surface area contributed by atoms with Crippen molar-refractivity contribution >= 4 is 17.5 Å². The maximum Gasteiger partial charge on any atom is 0.251 e. The molecule has 2 aromatic rings. The highest BCUT2D eigenvalue weighted by atomic mass is 16.2. The third kappa shape index (κ3) is 3.73. The minimum Gasteiger partial charge on any atom is -0.346 e. The van der Waals surface area contributed by atoms with E-state index in [1.807, 2.05) is 25.1 Å². The Morgan fingerprint density at radius 1 is 1.12 bits per heavy atom. The molecule has 0 spiro atoms. The summed E-state index contributed by atoms with van der Waals surface area (Å²) in [6, 6.07) is 13.4. The molecule has 2 aromatic carbocycles. The van der Waals surface area contributed by atoms with Crippen molar-refractivity contribution in [3.63, 3.8) is 0 Å². The molecule has 0 bridgehead atoms. The molecule has 1 heterocycles. The van der Waals surface area contributed by atoms with Crippen LogP contribution in [-0.2, 0) is 4.79 Å². The van der Waals surface area contributed by atoms with Crippen LogP contribution in [0, 0.1) is 13.8 Å². The second-order valence-corrected chi connectivity index (χ2v) is 6.74. The zero-order chi connectivity index (χ0) is 18.0. The number of hydrogen-bond donors (Lipinski definition) is 1. The second kappa shape index (κ2) is 7.09. The van der Waals surface area contributed by atoms with Crippen molar-refractivity contribution in [2.24, 2.45) is 0 Å². The summed E-state index contributed by atoms with van der Waals surface area (Å²) in [6.07, 6.45) is 1.46. The first kappa shape index (κ1) is 17.2. The zero-order valence-corrected chi connectivity index (χ0v) is 15.0. The van der Waals surface area contributed by atoms with Crippen molar-refractivity contribution in [3.8, 4) is 0 Å². The Bertz CT molecular complexity index is 813. The van der Waals surface area contributed by atoms with Crippen LogP contribution in [0.15, 0.2) is 42.5 Å². The van der Waals surface area contributed by atoms with Crippen LogP contribution >= 0.6 is 0 Å². The van der Waals surface area contributed by atoms with Crippen LogP contribution in [0.4, 0.5) is 5.69 Å². The lowest BCUT2D eigenvalue weighted by molar-refractivity contribution is -0.117. The van der Waals surface area contributed by atoms with E-state index in [4.69, 9.17) is 0 Å². The Morgan fingerprint density at radius 2 is 1.92 bits per heavy atom. The number of rotatable bonds is 4. The fourth-order valence-electron chi connectivity index (χ4n) is 3.13. The fourth-order valence-corrected chi connectivity index (χ4v) is 3.13. The van der Waals surface area contributed by atoms with Crippen molar-refractivity contribution in [2.75, 3.05) is 11.4 Å². The third-order valence-electron chi connectivity index (χ3n) is 4.87. The largest absolute Gasteiger partial charge is 0.346 e. The Labute approximate surface area is 148 Å². The maximum atomic E-state index is 12.6. The third-order valence-corrected chi connectivity index (χ3v) is 4.87. The number of hydrogen-bond acceptors (Lipinski definition) is 2. The smallest absolute Gasteiger partial charge is 0.251 e. The molecule has 0 radical (unpaired) electrons. The predicted molar refractivity (Wildman–Crippen MR) is 99.8 cm³/mol. The van der Waals surface area contributed by atoms with Crippen LogP contribution in [0.25, 0.3) is 0 Å². The monoisotopic (exact) mass is 336 g/mol. The maximum absolute atomic E-state index is 12.6. The van der Waals surface area contributed by atoms with Crippen molar-refractivity contribution in [2.45, 2.75) is 39.7 Å². The molecule has 4 heteroatoms. The van der Waals surface area contributed by atoms with Gasteiger partial charge in [0.1, 0.15) is 0 Å². The van der Waals surface area contributed by atoms with E-state index in [1.165, 1.54) is 11.1 Å². The Balaban J connectivity index is 1.74. The van der Waals surface area contributed by atoms with Crippen LogP contribution in [0.5, 0.6) is 0 Å². The normalized spacial score (nSPS) is 15.3. The number of amides is 2. The van der Waals surface area contributed by atoms with Crippen LogP contribution < -0.4 is 10.2 Å². The molecule has 1 saturated heterocycles. The molecule has 2 amide bonds. The van der Waals surface area contributed by atoms with Gasteiger partial charge in [-0.25, -0.2) is 0 Å². The van der Waals surface area contributed by atoms with Gasteiger partial charge in [0, 0.05) is 24.2 Å². The molecule has 0 unspecified atom stereocenters. The molecular formula is C21H24N2O2. The van der Waals surface area contributed by atoms with E-state index in [0.717, 1.165) is 24.2 Å².